The average molecular weight is 360 g/mol. The lowest BCUT2D eigenvalue weighted by Crippen LogP contribution is -2.08. The third-order valence-electron chi connectivity index (χ3n) is 3.28. The molecule has 0 aliphatic carbocycles. The van der Waals surface area contributed by atoms with Gasteiger partial charge >= 0.3 is 0 Å². The van der Waals surface area contributed by atoms with E-state index in [0.29, 0.717) is 21.8 Å². The molecule has 0 bridgehead atoms. The highest BCUT2D eigenvalue weighted by Crippen LogP contribution is 2.26. The molecular weight excluding hydrogens is 345 g/mol. The van der Waals surface area contributed by atoms with E-state index < -0.39 is 0 Å². The van der Waals surface area contributed by atoms with Crippen LogP contribution in [0, 0.1) is 0 Å². The Labute approximate surface area is 149 Å². The first kappa shape index (κ1) is 16.2. The molecule has 0 atom stereocenters. The van der Waals surface area contributed by atoms with Gasteiger partial charge in [0.05, 0.1) is 21.9 Å². The number of aromatic nitrogens is 2. The Bertz CT molecular complexity index is 888. The SMILES string of the molecule is C=C(Nc1cccc(-c2cnc(N)[nH]2)c1)Nc1ccc(Cl)c(Cl)c1. The third kappa shape index (κ3) is 3.82. The number of nitrogens with one attached hydrogen (secondary N) is 3. The molecule has 0 saturated carbocycles. The lowest BCUT2D eigenvalue weighted by molar-refractivity contribution is 1.32. The first-order valence-electron chi connectivity index (χ1n) is 7.10. The van der Waals surface area contributed by atoms with Gasteiger partial charge in [-0.1, -0.05) is 41.9 Å². The predicted octanol–water partition coefficient (Wildman–Crippen LogP) is 4.96. The van der Waals surface area contributed by atoms with Crippen molar-refractivity contribution in [2.45, 2.75) is 0 Å². The number of nitrogen functional groups attached to an aromatic ring is 1. The van der Waals surface area contributed by atoms with E-state index in [1.807, 2.05) is 30.3 Å². The van der Waals surface area contributed by atoms with Gasteiger partial charge in [-0.3, -0.25) is 0 Å². The van der Waals surface area contributed by atoms with Gasteiger partial charge in [-0.25, -0.2) is 4.98 Å². The molecular formula is C17H15Cl2N5. The Balaban J connectivity index is 1.71. The van der Waals surface area contributed by atoms with Crippen LogP contribution in [0.15, 0.2) is 61.1 Å². The van der Waals surface area contributed by atoms with E-state index in [0.717, 1.165) is 22.6 Å². The summed E-state index contributed by atoms with van der Waals surface area (Å²) in [6.07, 6.45) is 1.69. The summed E-state index contributed by atoms with van der Waals surface area (Å²) in [7, 11) is 0. The summed E-state index contributed by atoms with van der Waals surface area (Å²) < 4.78 is 0. The van der Waals surface area contributed by atoms with Gasteiger partial charge in [-0.15, -0.1) is 0 Å². The summed E-state index contributed by atoms with van der Waals surface area (Å²) in [5, 5.41) is 7.31. The zero-order valence-corrected chi connectivity index (χ0v) is 14.1. The number of benzene rings is 2. The minimum Gasteiger partial charge on any atom is -0.369 e. The van der Waals surface area contributed by atoms with E-state index in [1.54, 1.807) is 18.3 Å². The van der Waals surface area contributed by atoms with Crippen LogP contribution in [0.2, 0.25) is 10.0 Å². The van der Waals surface area contributed by atoms with E-state index >= 15 is 0 Å². The molecule has 0 saturated heterocycles. The highest BCUT2D eigenvalue weighted by Gasteiger charge is 2.04. The van der Waals surface area contributed by atoms with Crippen molar-refractivity contribution in [2.24, 2.45) is 0 Å². The number of aromatic amines is 1. The molecule has 0 radical (unpaired) electrons. The third-order valence-corrected chi connectivity index (χ3v) is 4.02. The van der Waals surface area contributed by atoms with Crippen LogP contribution in [-0.4, -0.2) is 9.97 Å². The number of nitrogens with zero attached hydrogens (tertiary/aromatic N) is 1. The molecule has 0 fully saturated rings. The molecule has 2 aromatic carbocycles. The van der Waals surface area contributed by atoms with Gasteiger partial charge in [-0.05, 0) is 30.3 Å². The smallest absolute Gasteiger partial charge is 0.197 e. The van der Waals surface area contributed by atoms with Crippen LogP contribution in [-0.2, 0) is 0 Å². The number of hydrogen-bond donors (Lipinski definition) is 4. The largest absolute Gasteiger partial charge is 0.369 e. The van der Waals surface area contributed by atoms with Crippen LogP contribution in [0.25, 0.3) is 11.3 Å². The standard InChI is InChI=1S/C17H15Cl2N5/c1-10(23-13-5-6-14(18)15(19)8-13)22-12-4-2-3-11(7-12)16-9-21-17(20)24-16/h2-9,22-23H,1H2,(H3,20,21,24). The molecule has 1 aromatic heterocycles. The number of H-pyrrole nitrogens is 1. The molecule has 122 valence electrons. The van der Waals surface area contributed by atoms with Crippen LogP contribution in [0.5, 0.6) is 0 Å². The van der Waals surface area contributed by atoms with E-state index in [1.165, 1.54) is 0 Å². The lowest BCUT2D eigenvalue weighted by atomic mass is 10.1. The molecule has 3 rings (SSSR count). The molecule has 24 heavy (non-hydrogen) atoms. The summed E-state index contributed by atoms with van der Waals surface area (Å²) in [5.41, 5.74) is 9.09. The molecule has 0 amide bonds. The van der Waals surface area contributed by atoms with Gasteiger partial charge in [0.2, 0.25) is 0 Å². The summed E-state index contributed by atoms with van der Waals surface area (Å²) in [6.45, 7) is 3.97. The number of imidazole rings is 1. The molecule has 0 spiro atoms. The van der Waals surface area contributed by atoms with E-state index in [9.17, 15) is 0 Å². The molecule has 7 heteroatoms. The van der Waals surface area contributed by atoms with Crippen molar-refractivity contribution in [3.05, 3.63) is 71.1 Å². The summed E-state index contributed by atoms with van der Waals surface area (Å²) >= 11 is 11.9. The first-order valence-corrected chi connectivity index (χ1v) is 7.86. The average Bonchev–Trinajstić information content (AvgIpc) is 2.98. The van der Waals surface area contributed by atoms with Gasteiger partial charge in [-0.2, -0.15) is 0 Å². The van der Waals surface area contributed by atoms with E-state index in [4.69, 9.17) is 28.9 Å². The van der Waals surface area contributed by atoms with Crippen molar-refractivity contribution in [3.63, 3.8) is 0 Å². The van der Waals surface area contributed by atoms with Crippen molar-refractivity contribution in [3.8, 4) is 11.3 Å². The molecule has 0 aliphatic rings. The van der Waals surface area contributed by atoms with Crippen molar-refractivity contribution in [1.82, 2.24) is 9.97 Å². The highest BCUT2D eigenvalue weighted by atomic mass is 35.5. The van der Waals surface area contributed by atoms with Gasteiger partial charge in [0, 0.05) is 16.9 Å². The Kier molecular flexibility index (Phi) is 4.64. The number of rotatable bonds is 5. The molecule has 0 aliphatic heterocycles. The van der Waals surface area contributed by atoms with Gasteiger partial charge in [0.15, 0.2) is 5.95 Å². The van der Waals surface area contributed by atoms with Gasteiger partial charge < -0.3 is 21.4 Å². The summed E-state index contributed by atoms with van der Waals surface area (Å²) in [4.78, 5) is 7.00. The highest BCUT2D eigenvalue weighted by molar-refractivity contribution is 6.42. The van der Waals surface area contributed by atoms with E-state index in [2.05, 4.69) is 27.2 Å². The fourth-order valence-corrected chi connectivity index (χ4v) is 2.50. The molecule has 3 aromatic rings. The van der Waals surface area contributed by atoms with Crippen LogP contribution >= 0.6 is 23.2 Å². The zero-order chi connectivity index (χ0) is 17.1. The minimum absolute atomic E-state index is 0.383. The second-order valence-corrected chi connectivity index (χ2v) is 5.93. The number of halogens is 2. The van der Waals surface area contributed by atoms with Crippen LogP contribution in [0.3, 0.4) is 0 Å². The zero-order valence-electron chi connectivity index (χ0n) is 12.6. The minimum atomic E-state index is 0.383. The predicted molar refractivity (Wildman–Crippen MR) is 101 cm³/mol. The topological polar surface area (TPSA) is 78.8 Å². The van der Waals surface area contributed by atoms with Crippen LogP contribution in [0.1, 0.15) is 0 Å². The van der Waals surface area contributed by atoms with Crippen LogP contribution < -0.4 is 16.4 Å². The lowest BCUT2D eigenvalue weighted by Gasteiger charge is -2.13. The second-order valence-electron chi connectivity index (χ2n) is 5.12. The second kappa shape index (κ2) is 6.86. The molecule has 5 N–H and O–H groups in total. The number of anilines is 3. The van der Waals surface area contributed by atoms with Crippen molar-refractivity contribution < 1.29 is 0 Å². The maximum Gasteiger partial charge on any atom is 0.197 e. The Hall–Kier alpha value is -2.63. The van der Waals surface area contributed by atoms with Crippen molar-refractivity contribution >= 4 is 40.5 Å². The molecule has 5 nitrogen and oxygen atoms in total. The van der Waals surface area contributed by atoms with Gasteiger partial charge in [0.1, 0.15) is 5.82 Å². The molecule has 1 heterocycles. The normalized spacial score (nSPS) is 10.4. The quantitative estimate of drug-likeness (QED) is 0.519. The fraction of sp³-hybridized carbons (Fsp3) is 0. The van der Waals surface area contributed by atoms with Crippen molar-refractivity contribution in [2.75, 3.05) is 16.4 Å². The fourth-order valence-electron chi connectivity index (χ4n) is 2.20. The van der Waals surface area contributed by atoms with Crippen LogP contribution in [0.4, 0.5) is 17.3 Å². The maximum absolute atomic E-state index is 6.01. The number of nitrogens with two attached hydrogens (primary N) is 1. The summed E-state index contributed by atoms with van der Waals surface area (Å²) in [6, 6.07) is 13.1. The monoisotopic (exact) mass is 359 g/mol. The van der Waals surface area contributed by atoms with Gasteiger partial charge in [0.25, 0.3) is 0 Å². The Morgan fingerprint density at radius 2 is 1.79 bits per heavy atom. The number of hydrogen-bond acceptors (Lipinski definition) is 4. The Morgan fingerprint density at radius 1 is 1.04 bits per heavy atom. The first-order chi connectivity index (χ1) is 11.5. The van der Waals surface area contributed by atoms with E-state index in [-0.39, 0.29) is 0 Å². The summed E-state index contributed by atoms with van der Waals surface area (Å²) in [5.74, 6) is 0.990. The maximum atomic E-state index is 6.01. The molecule has 0 unspecified atom stereocenters. The van der Waals surface area contributed by atoms with Crippen molar-refractivity contribution in [1.29, 1.82) is 0 Å². The Morgan fingerprint density at radius 3 is 2.46 bits per heavy atom.